The van der Waals surface area contributed by atoms with Crippen molar-refractivity contribution in [2.45, 2.75) is 59.1 Å². The summed E-state index contributed by atoms with van der Waals surface area (Å²) >= 11 is 0. The topological polar surface area (TPSA) is 72.5 Å². The summed E-state index contributed by atoms with van der Waals surface area (Å²) in [5.74, 6) is -1.79. The van der Waals surface area contributed by atoms with Crippen molar-refractivity contribution >= 4 is 17.7 Å². The molecule has 0 aliphatic carbocycles. The summed E-state index contributed by atoms with van der Waals surface area (Å²) in [6.07, 6.45) is 0.792. The monoisotopic (exact) mass is 243 g/mol. The smallest absolute Gasteiger partial charge is 0.328 e. The van der Waals surface area contributed by atoms with Crippen LogP contribution in [0, 0.1) is 0 Å². The molecule has 0 radical (unpaired) electrons. The van der Waals surface area contributed by atoms with E-state index in [1.54, 1.807) is 20.8 Å². The van der Waals surface area contributed by atoms with Crippen LogP contribution in [0.3, 0.4) is 0 Å². The van der Waals surface area contributed by atoms with Crippen LogP contribution in [0.25, 0.3) is 0 Å². The molecule has 0 fully saturated rings. The molecule has 0 rings (SSSR count). The molecule has 0 spiro atoms. The van der Waals surface area contributed by atoms with Gasteiger partial charge in [-0.15, -0.1) is 0 Å². The molecule has 1 unspecified atom stereocenters. The van der Waals surface area contributed by atoms with Crippen LogP contribution in [0.5, 0.6) is 0 Å². The lowest BCUT2D eigenvalue weighted by atomic mass is 10.2. The predicted molar refractivity (Wildman–Crippen MR) is 63.4 cm³/mol. The Balaban J connectivity index is 4.26. The zero-order chi connectivity index (χ0) is 13.6. The van der Waals surface area contributed by atoms with Crippen LogP contribution in [0.15, 0.2) is 0 Å². The first-order chi connectivity index (χ1) is 7.67. The molecule has 0 aromatic heterocycles. The Labute approximate surface area is 102 Å². The Morgan fingerprint density at radius 3 is 2.18 bits per heavy atom. The summed E-state index contributed by atoms with van der Waals surface area (Å²) in [4.78, 5) is 34.1. The van der Waals surface area contributed by atoms with E-state index in [1.807, 2.05) is 6.92 Å². The van der Waals surface area contributed by atoms with Gasteiger partial charge >= 0.3 is 5.97 Å². The van der Waals surface area contributed by atoms with Crippen molar-refractivity contribution in [2.75, 3.05) is 0 Å². The third-order valence-electron chi connectivity index (χ3n) is 1.84. The van der Waals surface area contributed by atoms with Gasteiger partial charge in [0.05, 0.1) is 0 Å². The first kappa shape index (κ1) is 15.6. The van der Waals surface area contributed by atoms with Crippen molar-refractivity contribution in [2.24, 2.45) is 0 Å². The van der Waals surface area contributed by atoms with Gasteiger partial charge in [0.2, 0.25) is 5.78 Å². The number of hydrogen-bond acceptors (Lipinski definition) is 4. The van der Waals surface area contributed by atoms with Gasteiger partial charge in [-0.3, -0.25) is 9.59 Å². The lowest BCUT2D eigenvalue weighted by Crippen LogP contribution is -2.44. The maximum atomic E-state index is 11.5. The van der Waals surface area contributed by atoms with E-state index in [0.717, 1.165) is 0 Å². The van der Waals surface area contributed by atoms with E-state index in [4.69, 9.17) is 4.74 Å². The second-order valence-electron chi connectivity index (χ2n) is 4.90. The number of esters is 1. The average molecular weight is 243 g/mol. The lowest BCUT2D eigenvalue weighted by molar-refractivity contribution is -0.158. The Hall–Kier alpha value is -1.39. The standard InChI is InChI=1S/C12H21NO4/c1-6-7-9(14)10(15)13-8(2)11(16)17-12(3,4)5/h8H,6-7H2,1-5H3,(H,13,15). The molecule has 5 heteroatoms. The molecule has 1 N–H and O–H groups in total. The molecule has 5 nitrogen and oxygen atoms in total. The molecule has 0 aliphatic rings. The number of rotatable bonds is 5. The van der Waals surface area contributed by atoms with Crippen LogP contribution in [0.1, 0.15) is 47.5 Å². The van der Waals surface area contributed by atoms with Crippen molar-refractivity contribution in [3.63, 3.8) is 0 Å². The predicted octanol–water partition coefficient (Wildman–Crippen LogP) is 1.20. The molecule has 0 heterocycles. The van der Waals surface area contributed by atoms with Crippen LogP contribution < -0.4 is 5.32 Å². The highest BCUT2D eigenvalue weighted by atomic mass is 16.6. The summed E-state index contributed by atoms with van der Waals surface area (Å²) in [7, 11) is 0. The fourth-order valence-electron chi connectivity index (χ4n) is 1.07. The van der Waals surface area contributed by atoms with Crippen LogP contribution in [-0.2, 0) is 19.1 Å². The number of amides is 1. The Morgan fingerprint density at radius 2 is 1.76 bits per heavy atom. The van der Waals surface area contributed by atoms with Gasteiger partial charge < -0.3 is 10.1 Å². The third-order valence-corrected chi connectivity index (χ3v) is 1.84. The summed E-state index contributed by atoms with van der Waals surface area (Å²) < 4.78 is 5.08. The largest absolute Gasteiger partial charge is 0.458 e. The highest BCUT2D eigenvalue weighted by molar-refractivity contribution is 6.36. The first-order valence-corrected chi connectivity index (χ1v) is 5.74. The second-order valence-corrected chi connectivity index (χ2v) is 4.90. The maximum absolute atomic E-state index is 11.5. The fraction of sp³-hybridized carbons (Fsp3) is 0.750. The van der Waals surface area contributed by atoms with Gasteiger partial charge in [-0.05, 0) is 34.1 Å². The third kappa shape index (κ3) is 6.71. The maximum Gasteiger partial charge on any atom is 0.328 e. The quantitative estimate of drug-likeness (QED) is 0.581. The Morgan fingerprint density at radius 1 is 1.24 bits per heavy atom. The zero-order valence-corrected chi connectivity index (χ0v) is 11.1. The second kappa shape index (κ2) is 6.37. The summed E-state index contributed by atoms with van der Waals surface area (Å²) in [5.41, 5.74) is -0.608. The molecular formula is C12H21NO4. The van der Waals surface area contributed by atoms with E-state index >= 15 is 0 Å². The molecule has 17 heavy (non-hydrogen) atoms. The number of Topliss-reactive ketones (excluding diaryl/α,β-unsaturated/α-hetero) is 1. The zero-order valence-electron chi connectivity index (χ0n) is 11.1. The van der Waals surface area contributed by atoms with Crippen molar-refractivity contribution in [3.05, 3.63) is 0 Å². The van der Waals surface area contributed by atoms with Gasteiger partial charge in [0.25, 0.3) is 5.91 Å². The summed E-state index contributed by atoms with van der Waals surface area (Å²) in [6, 6.07) is -0.817. The minimum absolute atomic E-state index is 0.187. The van der Waals surface area contributed by atoms with E-state index in [2.05, 4.69) is 5.32 Å². The van der Waals surface area contributed by atoms with Gasteiger partial charge in [0, 0.05) is 6.42 Å². The van der Waals surface area contributed by atoms with Crippen LogP contribution in [-0.4, -0.2) is 29.3 Å². The summed E-state index contributed by atoms with van der Waals surface area (Å²) in [5, 5.41) is 2.32. The normalized spacial score (nSPS) is 12.8. The highest BCUT2D eigenvalue weighted by Crippen LogP contribution is 2.08. The van der Waals surface area contributed by atoms with Gasteiger partial charge in [0.1, 0.15) is 11.6 Å². The van der Waals surface area contributed by atoms with Crippen molar-refractivity contribution < 1.29 is 19.1 Å². The summed E-state index contributed by atoms with van der Waals surface area (Å²) in [6.45, 7) is 8.51. The number of nitrogens with one attached hydrogen (secondary N) is 1. The van der Waals surface area contributed by atoms with Crippen molar-refractivity contribution in [3.8, 4) is 0 Å². The highest BCUT2D eigenvalue weighted by Gasteiger charge is 2.24. The minimum atomic E-state index is -0.817. The molecule has 0 saturated heterocycles. The van der Waals surface area contributed by atoms with Crippen LogP contribution in [0.4, 0.5) is 0 Å². The number of carbonyl (C=O) groups is 3. The lowest BCUT2D eigenvalue weighted by Gasteiger charge is -2.22. The molecule has 0 aromatic rings. The van der Waals surface area contributed by atoms with Gasteiger partial charge in [-0.2, -0.15) is 0 Å². The van der Waals surface area contributed by atoms with Crippen molar-refractivity contribution in [1.29, 1.82) is 0 Å². The van der Waals surface area contributed by atoms with E-state index in [9.17, 15) is 14.4 Å². The van der Waals surface area contributed by atoms with Crippen LogP contribution >= 0.6 is 0 Å². The molecular weight excluding hydrogens is 222 g/mol. The number of ether oxygens (including phenoxy) is 1. The van der Waals surface area contributed by atoms with Gasteiger partial charge in [-0.25, -0.2) is 4.79 Å². The molecule has 0 aliphatic heterocycles. The van der Waals surface area contributed by atoms with E-state index < -0.39 is 29.3 Å². The molecule has 1 amide bonds. The van der Waals surface area contributed by atoms with Crippen LogP contribution in [0.2, 0.25) is 0 Å². The molecule has 98 valence electrons. The molecule has 0 saturated carbocycles. The molecule has 1 atom stereocenters. The van der Waals surface area contributed by atoms with Gasteiger partial charge in [-0.1, -0.05) is 6.92 Å². The SMILES string of the molecule is CCCC(=O)C(=O)NC(C)C(=O)OC(C)(C)C. The fourth-order valence-corrected chi connectivity index (χ4v) is 1.07. The van der Waals surface area contributed by atoms with E-state index in [0.29, 0.717) is 6.42 Å². The average Bonchev–Trinajstić information content (AvgIpc) is 2.15. The van der Waals surface area contributed by atoms with E-state index in [1.165, 1.54) is 6.92 Å². The molecule has 0 bridgehead atoms. The first-order valence-electron chi connectivity index (χ1n) is 5.74. The van der Waals surface area contributed by atoms with Gasteiger partial charge in [0.15, 0.2) is 0 Å². The molecule has 0 aromatic carbocycles. The number of carbonyl (C=O) groups excluding carboxylic acids is 3. The Kier molecular flexibility index (Phi) is 5.85. The number of ketones is 1. The number of hydrogen-bond donors (Lipinski definition) is 1. The minimum Gasteiger partial charge on any atom is -0.458 e. The van der Waals surface area contributed by atoms with Crippen molar-refractivity contribution in [1.82, 2.24) is 5.32 Å². The van der Waals surface area contributed by atoms with E-state index in [-0.39, 0.29) is 6.42 Å². The Bertz CT molecular complexity index is 304.